The van der Waals surface area contributed by atoms with Crippen LogP contribution in [-0.4, -0.2) is 85.1 Å². The van der Waals surface area contributed by atoms with Crippen LogP contribution < -0.4 is 20.3 Å². The summed E-state index contributed by atoms with van der Waals surface area (Å²) >= 11 is 0. The Morgan fingerprint density at radius 3 is 2.07 bits per heavy atom. The molecule has 1 aromatic heterocycles. The predicted octanol–water partition coefficient (Wildman–Crippen LogP) is 4.00. The average Bonchev–Trinajstić information content (AvgIpc) is 3.78. The largest absolute Gasteiger partial charge is 0.489 e. The first-order chi connectivity index (χ1) is 20.9. The molecule has 1 unspecified atom stereocenters. The van der Waals surface area contributed by atoms with Crippen LogP contribution in [0.3, 0.4) is 0 Å². The van der Waals surface area contributed by atoms with Crippen molar-refractivity contribution in [1.29, 1.82) is 0 Å². The fraction of sp³-hybridized carbons (Fsp3) is 0.387. The van der Waals surface area contributed by atoms with Crippen LogP contribution in [0.2, 0.25) is 0 Å². The SMILES string of the molecule is C1CCNC1.O=C(c1cc(F)cc(OC2CCNC2)c1)N1CCN(C(=O)c2cnc(OF)c(-c3ccc(F)cc3)c2)CC1. The lowest BCUT2D eigenvalue weighted by Gasteiger charge is -2.35. The molecule has 2 amide bonds. The Bertz CT molecular complexity index is 1400. The van der Waals surface area contributed by atoms with Crippen molar-refractivity contribution in [2.75, 3.05) is 52.4 Å². The number of amides is 2. The first kappa shape index (κ1) is 30.3. The number of nitrogens with one attached hydrogen (secondary N) is 2. The van der Waals surface area contributed by atoms with Crippen molar-refractivity contribution in [3.63, 3.8) is 0 Å². The van der Waals surface area contributed by atoms with Gasteiger partial charge in [-0.05, 0) is 74.8 Å². The monoisotopic (exact) mass is 597 g/mol. The average molecular weight is 598 g/mol. The molecule has 0 saturated carbocycles. The molecule has 4 heterocycles. The number of pyridine rings is 1. The highest BCUT2D eigenvalue weighted by atomic mass is 19.3. The third-order valence-electron chi connectivity index (χ3n) is 7.57. The third kappa shape index (κ3) is 7.82. The fourth-order valence-electron chi connectivity index (χ4n) is 5.25. The van der Waals surface area contributed by atoms with Crippen molar-refractivity contribution in [3.8, 4) is 22.8 Å². The number of piperazine rings is 1. The number of aromatic nitrogens is 1. The van der Waals surface area contributed by atoms with Gasteiger partial charge in [-0.25, -0.2) is 13.8 Å². The number of halogens is 3. The molecule has 0 bridgehead atoms. The second-order valence-corrected chi connectivity index (χ2v) is 10.6. The Balaban J connectivity index is 0.000000668. The zero-order chi connectivity index (χ0) is 30.2. The maximum absolute atomic E-state index is 14.2. The Morgan fingerprint density at radius 2 is 1.49 bits per heavy atom. The molecule has 3 aliphatic rings. The minimum atomic E-state index is -0.559. The van der Waals surface area contributed by atoms with Crippen LogP contribution in [0.5, 0.6) is 11.6 Å². The summed E-state index contributed by atoms with van der Waals surface area (Å²) in [4.78, 5) is 37.1. The smallest absolute Gasteiger partial charge is 0.270 e. The number of hydrogen-bond donors (Lipinski definition) is 2. The fourth-order valence-corrected chi connectivity index (χ4v) is 5.25. The summed E-state index contributed by atoms with van der Waals surface area (Å²) in [6.45, 7) is 4.96. The molecule has 3 saturated heterocycles. The number of carbonyl (C=O) groups is 2. The molecule has 1 atom stereocenters. The Kier molecular flexibility index (Phi) is 10.1. The van der Waals surface area contributed by atoms with Crippen LogP contribution in [0.1, 0.15) is 40.0 Å². The van der Waals surface area contributed by atoms with Gasteiger partial charge in [0.15, 0.2) is 0 Å². The van der Waals surface area contributed by atoms with Crippen molar-refractivity contribution >= 4 is 11.8 Å². The molecule has 3 fully saturated rings. The van der Waals surface area contributed by atoms with E-state index in [1.807, 2.05) is 0 Å². The molecular formula is C31H34F3N5O4. The number of hydrogen-bond acceptors (Lipinski definition) is 7. The van der Waals surface area contributed by atoms with Crippen LogP contribution >= 0.6 is 0 Å². The van der Waals surface area contributed by atoms with Crippen LogP contribution in [0, 0.1) is 11.6 Å². The van der Waals surface area contributed by atoms with Crippen molar-refractivity contribution in [3.05, 3.63) is 77.5 Å². The number of rotatable bonds is 6. The number of carbonyl (C=O) groups excluding carboxylic acids is 2. The van der Waals surface area contributed by atoms with E-state index < -0.39 is 11.6 Å². The van der Waals surface area contributed by atoms with Gasteiger partial charge in [-0.2, -0.15) is 0 Å². The Morgan fingerprint density at radius 1 is 0.814 bits per heavy atom. The van der Waals surface area contributed by atoms with E-state index in [0.29, 0.717) is 17.9 Å². The first-order valence-corrected chi connectivity index (χ1v) is 14.4. The molecule has 2 aromatic carbocycles. The summed E-state index contributed by atoms with van der Waals surface area (Å²) in [7, 11) is 0. The van der Waals surface area contributed by atoms with Gasteiger partial charge in [0.1, 0.15) is 23.5 Å². The Labute approximate surface area is 247 Å². The topological polar surface area (TPSA) is 96.0 Å². The van der Waals surface area contributed by atoms with E-state index in [1.54, 1.807) is 15.9 Å². The second kappa shape index (κ2) is 14.3. The van der Waals surface area contributed by atoms with Crippen LogP contribution in [0.15, 0.2) is 54.7 Å². The lowest BCUT2D eigenvalue weighted by molar-refractivity contribution is -0.0111. The number of nitrogens with zero attached hydrogens (tertiary/aromatic N) is 3. The highest BCUT2D eigenvalue weighted by molar-refractivity contribution is 5.97. The molecule has 43 heavy (non-hydrogen) atoms. The maximum atomic E-state index is 14.2. The highest BCUT2D eigenvalue weighted by Gasteiger charge is 2.27. The van der Waals surface area contributed by atoms with E-state index in [4.69, 9.17) is 4.74 Å². The normalized spacial score (nSPS) is 18.2. The molecule has 0 aliphatic carbocycles. The van der Waals surface area contributed by atoms with Gasteiger partial charge in [-0.1, -0.05) is 12.1 Å². The predicted molar refractivity (Wildman–Crippen MR) is 154 cm³/mol. The van der Waals surface area contributed by atoms with E-state index >= 15 is 0 Å². The van der Waals surface area contributed by atoms with Gasteiger partial charge in [0.2, 0.25) is 0 Å². The highest BCUT2D eigenvalue weighted by Crippen LogP contribution is 2.30. The lowest BCUT2D eigenvalue weighted by Crippen LogP contribution is -2.50. The maximum Gasteiger partial charge on any atom is 0.270 e. The summed E-state index contributed by atoms with van der Waals surface area (Å²) in [6, 6.07) is 10.7. The van der Waals surface area contributed by atoms with E-state index in [-0.39, 0.29) is 66.7 Å². The summed E-state index contributed by atoms with van der Waals surface area (Å²) in [5.41, 5.74) is 1.00. The number of benzene rings is 2. The molecule has 3 aliphatic heterocycles. The zero-order valence-corrected chi connectivity index (χ0v) is 23.7. The minimum Gasteiger partial charge on any atom is -0.489 e. The first-order valence-electron chi connectivity index (χ1n) is 14.4. The number of ether oxygens (including phenoxy) is 1. The molecule has 12 heteroatoms. The molecule has 6 rings (SSSR count). The molecule has 0 spiro atoms. The van der Waals surface area contributed by atoms with Gasteiger partial charge in [0, 0.05) is 60.6 Å². The standard InChI is InChI=1S/C27H25F3N4O4.C4H9N/c28-20-3-1-17(2-4-20)24-13-19(15-32-25(24)38-30)27(36)34-9-7-33(8-10-34)26(35)18-11-21(29)14-23(12-18)37-22-5-6-31-16-22;1-2-4-5-3-1/h1-4,11-15,22,31H,5-10,16H2;5H,1-4H2. The molecule has 9 nitrogen and oxygen atoms in total. The van der Waals surface area contributed by atoms with Crippen LogP contribution in [0.25, 0.3) is 11.1 Å². The summed E-state index contributed by atoms with van der Waals surface area (Å²) in [6.07, 6.45) is 4.72. The lowest BCUT2D eigenvalue weighted by atomic mass is 10.0. The van der Waals surface area contributed by atoms with Crippen molar-refractivity contribution in [2.45, 2.75) is 25.4 Å². The van der Waals surface area contributed by atoms with E-state index in [0.717, 1.165) is 13.0 Å². The van der Waals surface area contributed by atoms with Crippen LogP contribution in [-0.2, 0) is 0 Å². The van der Waals surface area contributed by atoms with Gasteiger partial charge in [-0.3, -0.25) is 14.5 Å². The van der Waals surface area contributed by atoms with Gasteiger partial charge in [0.25, 0.3) is 17.7 Å². The van der Waals surface area contributed by atoms with Gasteiger partial charge < -0.3 is 25.2 Å². The van der Waals surface area contributed by atoms with Gasteiger partial charge in [-0.15, -0.1) is 0 Å². The molecule has 228 valence electrons. The minimum absolute atomic E-state index is 0.0714. The van der Waals surface area contributed by atoms with Crippen molar-refractivity contribution in [2.24, 2.45) is 0 Å². The summed E-state index contributed by atoms with van der Waals surface area (Å²) in [5, 5.41) is 6.40. The zero-order valence-electron chi connectivity index (χ0n) is 23.7. The van der Waals surface area contributed by atoms with Gasteiger partial charge in [0.05, 0.1) is 5.56 Å². The summed E-state index contributed by atoms with van der Waals surface area (Å²) in [5.74, 6) is -1.76. The molecular weight excluding hydrogens is 563 g/mol. The van der Waals surface area contributed by atoms with Crippen molar-refractivity contribution in [1.82, 2.24) is 25.4 Å². The molecule has 0 radical (unpaired) electrons. The van der Waals surface area contributed by atoms with E-state index in [2.05, 4.69) is 20.6 Å². The van der Waals surface area contributed by atoms with Crippen molar-refractivity contribution < 1.29 is 32.6 Å². The second-order valence-electron chi connectivity index (χ2n) is 10.6. The Hall–Kier alpha value is -4.16. The van der Waals surface area contributed by atoms with Gasteiger partial charge >= 0.3 is 0 Å². The quantitative estimate of drug-likeness (QED) is 0.444. The van der Waals surface area contributed by atoms with E-state index in [1.165, 1.54) is 74.6 Å². The van der Waals surface area contributed by atoms with Crippen LogP contribution in [0.4, 0.5) is 13.3 Å². The molecule has 3 aromatic rings. The molecule has 2 N–H and O–H groups in total. The van der Waals surface area contributed by atoms with E-state index in [9.17, 15) is 22.9 Å². The summed E-state index contributed by atoms with van der Waals surface area (Å²) < 4.78 is 46.4. The third-order valence-corrected chi connectivity index (χ3v) is 7.57.